The predicted octanol–water partition coefficient (Wildman–Crippen LogP) is -2.02. The van der Waals surface area contributed by atoms with Crippen molar-refractivity contribution in [2.24, 2.45) is 0 Å². The second-order valence-electron chi connectivity index (χ2n) is 2.11. The van der Waals surface area contributed by atoms with E-state index in [1.807, 2.05) is 5.32 Å². The van der Waals surface area contributed by atoms with Crippen LogP contribution in [0.15, 0.2) is 0 Å². The fraction of sp³-hybridized carbons (Fsp3) is 0.600. The van der Waals surface area contributed by atoms with Gasteiger partial charge in [-0.3, -0.25) is 4.79 Å². The molecule has 1 amide bonds. The fourth-order valence-corrected chi connectivity index (χ4v) is 1.13. The summed E-state index contributed by atoms with van der Waals surface area (Å²) in [5.41, 5.74) is 0. The Morgan fingerprint density at radius 3 is 2.42 bits per heavy atom. The Labute approximate surface area is 69.5 Å². The maximum Gasteiger partial charge on any atom is 0.508 e. The highest BCUT2D eigenvalue weighted by molar-refractivity contribution is 7.38. The zero-order valence-electron chi connectivity index (χ0n) is 6.31. The molecule has 6 nitrogen and oxygen atoms in total. The SMILES string of the molecule is CC(=O)NC(C[P+](=O)O)C(=O)[O-]. The Bertz CT molecular complexity index is 200. The van der Waals surface area contributed by atoms with Crippen molar-refractivity contribution >= 4 is 19.9 Å². The summed E-state index contributed by atoms with van der Waals surface area (Å²) >= 11 is 0. The second kappa shape index (κ2) is 4.79. The molecule has 2 unspecified atom stereocenters. The summed E-state index contributed by atoms with van der Waals surface area (Å²) in [6.45, 7) is 1.11. The quantitative estimate of drug-likeness (QED) is 0.501. The third-order valence-electron chi connectivity index (χ3n) is 1.00. The molecule has 0 fully saturated rings. The van der Waals surface area contributed by atoms with Crippen LogP contribution < -0.4 is 10.4 Å². The highest BCUT2D eigenvalue weighted by atomic mass is 31.1. The van der Waals surface area contributed by atoms with Crippen molar-refractivity contribution in [2.45, 2.75) is 13.0 Å². The van der Waals surface area contributed by atoms with Crippen LogP contribution in [0, 0.1) is 0 Å². The zero-order chi connectivity index (χ0) is 9.72. The molecule has 0 heterocycles. The number of rotatable bonds is 4. The molecule has 0 aliphatic rings. The van der Waals surface area contributed by atoms with E-state index in [1.165, 1.54) is 0 Å². The third-order valence-corrected chi connectivity index (χ3v) is 1.68. The summed E-state index contributed by atoms with van der Waals surface area (Å²) in [7, 11) is -2.59. The van der Waals surface area contributed by atoms with E-state index < -0.39 is 32.1 Å². The Hall–Kier alpha value is -1.00. The lowest BCUT2D eigenvalue weighted by atomic mass is 10.3. The van der Waals surface area contributed by atoms with Gasteiger partial charge in [0, 0.05) is 6.92 Å². The smallest absolute Gasteiger partial charge is 0.508 e. The number of hydrogen-bond acceptors (Lipinski definition) is 4. The topological polar surface area (TPSA) is 107 Å². The molecule has 0 rings (SSSR count). The van der Waals surface area contributed by atoms with E-state index in [4.69, 9.17) is 4.89 Å². The molecule has 0 aliphatic carbocycles. The molecule has 68 valence electrons. The molecule has 2 N–H and O–H groups in total. The normalized spacial score (nSPS) is 13.3. The summed E-state index contributed by atoms with van der Waals surface area (Å²) in [4.78, 5) is 28.9. The summed E-state index contributed by atoms with van der Waals surface area (Å²) < 4.78 is 10.2. The van der Waals surface area contributed by atoms with Crippen molar-refractivity contribution < 1.29 is 24.2 Å². The lowest BCUT2D eigenvalue weighted by molar-refractivity contribution is -0.307. The van der Waals surface area contributed by atoms with Gasteiger partial charge in [-0.2, -0.15) is 4.89 Å². The van der Waals surface area contributed by atoms with Crippen LogP contribution in [0.3, 0.4) is 0 Å². The van der Waals surface area contributed by atoms with Crippen LogP contribution >= 0.6 is 8.03 Å². The van der Waals surface area contributed by atoms with E-state index in [1.54, 1.807) is 0 Å². The molecule has 0 aromatic rings. The van der Waals surface area contributed by atoms with Crippen molar-refractivity contribution in [1.82, 2.24) is 5.32 Å². The molecule has 0 bridgehead atoms. The number of carboxylic acid groups (broad SMARTS) is 1. The summed E-state index contributed by atoms with van der Waals surface area (Å²) in [5, 5.41) is 12.2. The van der Waals surface area contributed by atoms with Crippen molar-refractivity contribution in [3.8, 4) is 0 Å². The van der Waals surface area contributed by atoms with Crippen LogP contribution in [-0.2, 0) is 14.2 Å². The van der Waals surface area contributed by atoms with E-state index in [2.05, 4.69) is 0 Å². The first-order chi connectivity index (χ1) is 5.43. The highest BCUT2D eigenvalue weighted by Crippen LogP contribution is 2.13. The fourth-order valence-electron chi connectivity index (χ4n) is 0.581. The average Bonchev–Trinajstić information content (AvgIpc) is 1.83. The molecule has 0 radical (unpaired) electrons. The molecule has 0 saturated heterocycles. The second-order valence-corrected chi connectivity index (χ2v) is 3.18. The molecule has 0 aromatic carbocycles. The van der Waals surface area contributed by atoms with Crippen LogP contribution in [0.1, 0.15) is 6.92 Å². The monoisotopic (exact) mass is 193 g/mol. The maximum absolute atomic E-state index is 10.4. The van der Waals surface area contributed by atoms with Crippen molar-refractivity contribution in [3.05, 3.63) is 0 Å². The number of amides is 1. The molecule has 0 aromatic heterocycles. The maximum atomic E-state index is 10.4. The first-order valence-electron chi connectivity index (χ1n) is 3.05. The molecule has 0 saturated carbocycles. The van der Waals surface area contributed by atoms with Gasteiger partial charge in [0.1, 0.15) is 6.04 Å². The van der Waals surface area contributed by atoms with Crippen LogP contribution in [-0.4, -0.2) is 29.0 Å². The number of aliphatic carboxylic acids is 1. The van der Waals surface area contributed by atoms with Crippen LogP contribution in [0.5, 0.6) is 0 Å². The third kappa shape index (κ3) is 4.76. The van der Waals surface area contributed by atoms with Gasteiger partial charge in [0.25, 0.3) is 0 Å². The van der Waals surface area contributed by atoms with Gasteiger partial charge in [-0.1, -0.05) is 0 Å². The van der Waals surface area contributed by atoms with Gasteiger partial charge in [0.15, 0.2) is 0 Å². The molecule has 0 aliphatic heterocycles. The van der Waals surface area contributed by atoms with Crippen LogP contribution in [0.2, 0.25) is 0 Å². The zero-order valence-corrected chi connectivity index (χ0v) is 7.21. The van der Waals surface area contributed by atoms with Gasteiger partial charge in [-0.25, -0.2) is 0 Å². The van der Waals surface area contributed by atoms with E-state index in [0.717, 1.165) is 6.92 Å². The minimum Gasteiger partial charge on any atom is -0.548 e. The van der Waals surface area contributed by atoms with Crippen LogP contribution in [0.4, 0.5) is 0 Å². The molecule has 2 atom stereocenters. The Morgan fingerprint density at radius 2 is 2.17 bits per heavy atom. The van der Waals surface area contributed by atoms with Crippen molar-refractivity contribution in [1.29, 1.82) is 0 Å². The van der Waals surface area contributed by atoms with Gasteiger partial charge >= 0.3 is 8.03 Å². The molecule has 7 heteroatoms. The molecular weight excluding hydrogens is 185 g/mol. The minimum absolute atomic E-state index is 0.531. The molecule has 0 spiro atoms. The average molecular weight is 193 g/mol. The number of nitrogens with one attached hydrogen (secondary N) is 1. The van der Waals surface area contributed by atoms with Gasteiger partial charge in [0.2, 0.25) is 12.1 Å². The Balaban J connectivity index is 4.14. The lowest BCUT2D eigenvalue weighted by Gasteiger charge is -2.12. The van der Waals surface area contributed by atoms with Gasteiger partial charge in [-0.05, 0) is 4.57 Å². The van der Waals surface area contributed by atoms with E-state index >= 15 is 0 Å². The predicted molar refractivity (Wildman–Crippen MR) is 37.3 cm³/mol. The summed E-state index contributed by atoms with van der Waals surface area (Å²) in [6.07, 6.45) is -0.531. The van der Waals surface area contributed by atoms with Gasteiger partial charge in [0.05, 0.1) is 5.97 Å². The Kier molecular flexibility index (Phi) is 4.39. The van der Waals surface area contributed by atoms with Crippen molar-refractivity contribution in [3.63, 3.8) is 0 Å². The largest absolute Gasteiger partial charge is 0.548 e. The van der Waals surface area contributed by atoms with E-state index in [9.17, 15) is 19.3 Å². The lowest BCUT2D eigenvalue weighted by Crippen LogP contribution is -2.48. The summed E-state index contributed by atoms with van der Waals surface area (Å²) in [5.74, 6) is -2.15. The first kappa shape index (κ1) is 11.0. The van der Waals surface area contributed by atoms with E-state index in [-0.39, 0.29) is 0 Å². The van der Waals surface area contributed by atoms with Gasteiger partial charge in [-0.15, -0.1) is 0 Å². The van der Waals surface area contributed by atoms with Gasteiger partial charge < -0.3 is 15.2 Å². The Morgan fingerprint density at radius 1 is 1.67 bits per heavy atom. The number of hydrogen-bond donors (Lipinski definition) is 2. The van der Waals surface area contributed by atoms with Crippen molar-refractivity contribution in [2.75, 3.05) is 6.16 Å². The van der Waals surface area contributed by atoms with E-state index in [0.29, 0.717) is 0 Å². The standard InChI is InChI=1S/C5H8NO5P/c1-3(7)6-4(5(8)9)2-12(10)11/h4H,2H2,1H3,(H2-,6,7,8,9,10,11). The molecule has 12 heavy (non-hydrogen) atoms. The molecular formula is C5H8NO5P. The highest BCUT2D eigenvalue weighted by Gasteiger charge is 2.22. The first-order valence-corrected chi connectivity index (χ1v) is 4.44. The number of carbonyl (C=O) groups excluding carboxylic acids is 2. The number of carbonyl (C=O) groups is 2. The number of carboxylic acids is 1. The summed E-state index contributed by atoms with van der Waals surface area (Å²) in [6, 6.07) is -1.39. The van der Waals surface area contributed by atoms with Crippen LogP contribution in [0.25, 0.3) is 0 Å². The minimum atomic E-state index is -2.59.